The van der Waals surface area contributed by atoms with Gasteiger partial charge < -0.3 is 4.74 Å². The predicted molar refractivity (Wildman–Crippen MR) is 110 cm³/mol. The summed E-state index contributed by atoms with van der Waals surface area (Å²) in [5.41, 5.74) is 0.308. The molecule has 0 amide bonds. The molecule has 6 heteroatoms. The lowest BCUT2D eigenvalue weighted by Gasteiger charge is -2.35. The Morgan fingerprint density at radius 1 is 0.871 bits per heavy atom. The van der Waals surface area contributed by atoms with Gasteiger partial charge in [0.2, 0.25) is 0 Å². The minimum atomic E-state index is -1.64. The highest BCUT2D eigenvalue weighted by molar-refractivity contribution is 5.72. The van der Waals surface area contributed by atoms with Gasteiger partial charge in [-0.25, -0.2) is 22.0 Å². The minimum absolute atomic E-state index is 0.151. The predicted octanol–water partition coefficient (Wildman–Crippen LogP) is 7.44. The van der Waals surface area contributed by atoms with Crippen LogP contribution in [-0.2, 0) is 4.74 Å². The van der Waals surface area contributed by atoms with Gasteiger partial charge in [0, 0.05) is 17.7 Å². The second kappa shape index (κ2) is 9.11. The fraction of sp³-hybridized carbons (Fsp3) is 0.440. The molecule has 0 N–H and O–H groups in total. The topological polar surface area (TPSA) is 9.23 Å². The summed E-state index contributed by atoms with van der Waals surface area (Å²) >= 11 is 0. The molecule has 2 aromatic rings. The first-order valence-electron chi connectivity index (χ1n) is 10.8. The normalized spacial score (nSPS) is 24.2. The lowest BCUT2D eigenvalue weighted by atomic mass is 9.80. The first-order chi connectivity index (χ1) is 14.9. The molecule has 0 saturated carbocycles. The largest absolute Gasteiger partial charge is 0.378 e. The van der Waals surface area contributed by atoms with Gasteiger partial charge in [-0.3, -0.25) is 0 Å². The standard InChI is InChI=1S/C25H25F5O/c1-2-14-3-10-22(31-13-14)16-6-4-15(5-7-16)18-8-9-19(24(29)23(18)28)17-11-20(26)25(30)21(27)12-17/h4,8-9,11-12,14,16,22H,2-3,5-7,10,13H2,1H3. The average Bonchev–Trinajstić information content (AvgIpc) is 2.79. The molecule has 0 aromatic heterocycles. The monoisotopic (exact) mass is 436 g/mol. The number of benzene rings is 2. The number of ether oxygens (including phenoxy) is 1. The maximum atomic E-state index is 14.8. The van der Waals surface area contributed by atoms with Crippen LogP contribution in [0.15, 0.2) is 30.3 Å². The molecule has 0 bridgehead atoms. The first kappa shape index (κ1) is 22.0. The van der Waals surface area contributed by atoms with E-state index in [2.05, 4.69) is 6.92 Å². The van der Waals surface area contributed by atoms with E-state index < -0.39 is 29.1 Å². The third-order valence-electron chi connectivity index (χ3n) is 6.68. The van der Waals surface area contributed by atoms with Crippen LogP contribution in [0.25, 0.3) is 16.7 Å². The molecule has 1 fully saturated rings. The lowest BCUT2D eigenvalue weighted by Crippen LogP contribution is -2.32. The Morgan fingerprint density at radius 3 is 2.13 bits per heavy atom. The van der Waals surface area contributed by atoms with Gasteiger partial charge in [-0.15, -0.1) is 0 Å². The molecular formula is C25H25F5O. The first-order valence-corrected chi connectivity index (χ1v) is 10.8. The minimum Gasteiger partial charge on any atom is -0.378 e. The van der Waals surface area contributed by atoms with Crippen molar-refractivity contribution in [3.63, 3.8) is 0 Å². The summed E-state index contributed by atoms with van der Waals surface area (Å²) in [6.45, 7) is 2.96. The van der Waals surface area contributed by atoms with Crippen molar-refractivity contribution in [2.75, 3.05) is 6.61 Å². The number of hydrogen-bond acceptors (Lipinski definition) is 1. The van der Waals surface area contributed by atoms with Gasteiger partial charge >= 0.3 is 0 Å². The van der Waals surface area contributed by atoms with Gasteiger partial charge in [0.25, 0.3) is 0 Å². The Balaban J connectivity index is 1.52. The molecule has 2 aliphatic rings. The Kier molecular flexibility index (Phi) is 6.47. The van der Waals surface area contributed by atoms with Crippen LogP contribution in [0.5, 0.6) is 0 Å². The van der Waals surface area contributed by atoms with E-state index >= 15 is 0 Å². The summed E-state index contributed by atoms with van der Waals surface area (Å²) in [5.74, 6) is -5.80. The summed E-state index contributed by atoms with van der Waals surface area (Å²) in [6.07, 6.45) is 7.68. The fourth-order valence-corrected chi connectivity index (χ4v) is 4.69. The quantitative estimate of drug-likeness (QED) is 0.358. The number of rotatable bonds is 4. The third-order valence-corrected chi connectivity index (χ3v) is 6.68. The molecule has 1 nitrogen and oxygen atoms in total. The third kappa shape index (κ3) is 4.40. The highest BCUT2D eigenvalue weighted by atomic mass is 19.2. The second-order valence-corrected chi connectivity index (χ2v) is 8.53. The maximum absolute atomic E-state index is 14.8. The fourth-order valence-electron chi connectivity index (χ4n) is 4.69. The summed E-state index contributed by atoms with van der Waals surface area (Å²) in [4.78, 5) is 0. The van der Waals surface area contributed by atoms with E-state index in [4.69, 9.17) is 4.74 Å². The van der Waals surface area contributed by atoms with Crippen LogP contribution in [-0.4, -0.2) is 12.7 Å². The van der Waals surface area contributed by atoms with Gasteiger partial charge in [-0.05, 0) is 67.2 Å². The van der Waals surface area contributed by atoms with Crippen molar-refractivity contribution in [2.45, 2.75) is 51.6 Å². The van der Waals surface area contributed by atoms with E-state index in [0.717, 1.165) is 37.9 Å². The Morgan fingerprint density at radius 2 is 1.55 bits per heavy atom. The van der Waals surface area contributed by atoms with E-state index in [-0.39, 0.29) is 22.8 Å². The Labute approximate surface area is 178 Å². The highest BCUT2D eigenvalue weighted by Crippen LogP contribution is 2.38. The van der Waals surface area contributed by atoms with Crippen LogP contribution in [0.4, 0.5) is 22.0 Å². The van der Waals surface area contributed by atoms with Crippen molar-refractivity contribution >= 4 is 5.57 Å². The molecular weight excluding hydrogens is 411 g/mol. The van der Waals surface area contributed by atoms with Crippen molar-refractivity contribution in [3.8, 4) is 11.1 Å². The van der Waals surface area contributed by atoms with Crippen LogP contribution >= 0.6 is 0 Å². The zero-order valence-electron chi connectivity index (χ0n) is 17.4. The molecule has 1 heterocycles. The van der Waals surface area contributed by atoms with E-state index in [1.807, 2.05) is 6.08 Å². The van der Waals surface area contributed by atoms with Crippen molar-refractivity contribution in [2.24, 2.45) is 11.8 Å². The van der Waals surface area contributed by atoms with Crippen LogP contribution in [0, 0.1) is 40.9 Å². The summed E-state index contributed by atoms with van der Waals surface area (Å²) in [7, 11) is 0. The number of hydrogen-bond donors (Lipinski definition) is 0. The summed E-state index contributed by atoms with van der Waals surface area (Å²) < 4.78 is 75.8. The van der Waals surface area contributed by atoms with E-state index in [1.165, 1.54) is 18.6 Å². The van der Waals surface area contributed by atoms with Crippen LogP contribution < -0.4 is 0 Å². The van der Waals surface area contributed by atoms with E-state index in [1.54, 1.807) is 0 Å². The molecule has 3 atom stereocenters. The van der Waals surface area contributed by atoms with E-state index in [9.17, 15) is 22.0 Å². The zero-order chi connectivity index (χ0) is 22.1. The Bertz CT molecular complexity index is 969. The van der Waals surface area contributed by atoms with Gasteiger partial charge in [0.05, 0.1) is 6.10 Å². The van der Waals surface area contributed by atoms with Gasteiger partial charge in [-0.2, -0.15) is 0 Å². The molecule has 1 saturated heterocycles. The number of allylic oxidation sites excluding steroid dienone is 2. The van der Waals surface area contributed by atoms with Crippen LogP contribution in [0.3, 0.4) is 0 Å². The SMILES string of the molecule is CCC1CCC(C2CC=C(c3ccc(-c4cc(F)c(F)c(F)c4)c(F)c3F)CC2)OC1. The van der Waals surface area contributed by atoms with Gasteiger partial charge in [0.15, 0.2) is 29.1 Å². The smallest absolute Gasteiger partial charge is 0.194 e. The Hall–Kier alpha value is -2.21. The molecule has 1 aliphatic heterocycles. The average molecular weight is 436 g/mol. The van der Waals surface area contributed by atoms with Crippen LogP contribution in [0.1, 0.15) is 51.0 Å². The molecule has 2 aromatic carbocycles. The molecule has 1 aliphatic carbocycles. The molecule has 0 radical (unpaired) electrons. The van der Waals surface area contributed by atoms with Gasteiger partial charge in [-0.1, -0.05) is 31.6 Å². The van der Waals surface area contributed by atoms with Crippen molar-refractivity contribution < 1.29 is 26.7 Å². The van der Waals surface area contributed by atoms with E-state index in [0.29, 0.717) is 30.4 Å². The van der Waals surface area contributed by atoms with Gasteiger partial charge in [0.1, 0.15) is 0 Å². The summed E-state index contributed by atoms with van der Waals surface area (Å²) in [5, 5.41) is 0. The second-order valence-electron chi connectivity index (χ2n) is 8.53. The van der Waals surface area contributed by atoms with Crippen LogP contribution in [0.2, 0.25) is 0 Å². The lowest BCUT2D eigenvalue weighted by molar-refractivity contribution is -0.0494. The zero-order valence-corrected chi connectivity index (χ0v) is 17.4. The molecule has 31 heavy (non-hydrogen) atoms. The highest BCUT2D eigenvalue weighted by Gasteiger charge is 2.30. The molecule has 0 spiro atoms. The van der Waals surface area contributed by atoms with Crippen molar-refractivity contribution in [1.82, 2.24) is 0 Å². The van der Waals surface area contributed by atoms with Crippen molar-refractivity contribution in [3.05, 3.63) is 65.0 Å². The maximum Gasteiger partial charge on any atom is 0.194 e. The van der Waals surface area contributed by atoms with Crippen molar-refractivity contribution in [1.29, 1.82) is 0 Å². The molecule has 166 valence electrons. The number of halogens is 5. The molecule has 3 unspecified atom stereocenters. The summed E-state index contributed by atoms with van der Waals surface area (Å²) in [6, 6.07) is 4.02. The molecule has 4 rings (SSSR count).